The van der Waals surface area contributed by atoms with Crippen molar-refractivity contribution in [3.05, 3.63) is 82.7 Å². The number of aliphatic hydroxyl groups is 4. The molecule has 0 aliphatic carbocycles. The molecule has 4 rings (SSSR count). The van der Waals surface area contributed by atoms with Gasteiger partial charge in [0, 0.05) is 61.1 Å². The molecule has 0 saturated carbocycles. The van der Waals surface area contributed by atoms with Gasteiger partial charge in [0.1, 0.15) is 11.6 Å². The van der Waals surface area contributed by atoms with Gasteiger partial charge in [-0.1, -0.05) is 27.7 Å². The number of aliphatic carboxylic acids is 2. The fraction of sp³-hybridized carbons (Fsp3) is 0.500. The Hall–Kier alpha value is -4.00. The van der Waals surface area contributed by atoms with Gasteiger partial charge in [0.05, 0.1) is 59.7 Å². The molecule has 67 heavy (non-hydrogen) atoms. The molecule has 2 heterocycles. The zero-order valence-corrected chi connectivity index (χ0v) is 42.6. The first-order chi connectivity index (χ1) is 30.6. The number of rotatable bonds is 22. The molecule has 4 aromatic rings. The number of carbonyl (C=O) groups excluding carboxylic acids is 2. The van der Waals surface area contributed by atoms with Gasteiger partial charge in [0.2, 0.25) is 31.9 Å². The normalized spacial score (nSPS) is 13.5. The molecule has 0 unspecified atom stereocenters. The molecule has 0 radical (unpaired) electrons. The summed E-state index contributed by atoms with van der Waals surface area (Å²) >= 11 is 0. The largest absolute Gasteiger partial charge is 2.00 e. The predicted octanol–water partition coefficient (Wildman–Crippen LogP) is 1.59. The summed E-state index contributed by atoms with van der Waals surface area (Å²) in [5, 5.41) is 61.4. The molecule has 4 N–H and O–H groups in total. The summed E-state index contributed by atoms with van der Waals surface area (Å²) in [6.45, 7) is 7.52. The molecule has 0 aliphatic heterocycles. The van der Waals surface area contributed by atoms with E-state index in [1.807, 2.05) is 27.7 Å². The molecule has 0 amide bonds. The molecule has 23 heteroatoms. The number of aromatic nitrogens is 4. The average Bonchev–Trinajstić information content (AvgIpc) is 3.20. The quantitative estimate of drug-likeness (QED) is 0.0814. The minimum Gasteiger partial charge on any atom is -0.550 e. The SMILES string of the molecule is CC(C)c1nc(N(C)S(C)(=O)=O)nc(-c2ccc(F)cc2)c1CC[C@@H](O)C[C@@H](O)CC(=O)[O-].CC(C)c1nc(N(C)S(C)(=O)=O)nc(-c2ccc(F)cc2)c1CC[C@@H](O)C[C@@H](O)CC(=O)[O-].[Ca+2]. The van der Waals surface area contributed by atoms with Gasteiger partial charge in [0.25, 0.3) is 0 Å². The van der Waals surface area contributed by atoms with Crippen molar-refractivity contribution in [1.29, 1.82) is 0 Å². The molecule has 0 bridgehead atoms. The standard InChI is InChI=1S/2C22H30FN3O6S.Ca/c2*1-13(2)20-18(10-9-16(27)11-17(28)12-19(29)30)21(14-5-7-15(23)8-6-14)25-22(24-20)26(3)33(4,31)32;/h2*5-8,13,16-17,27-28H,9-12H2,1-4H3,(H,29,30);/q;;+2/p-2/t2*16-,17-;/m11./s1. The number of hydrogen-bond donors (Lipinski definition) is 4. The van der Waals surface area contributed by atoms with E-state index in [1.165, 1.54) is 62.6 Å². The molecule has 0 saturated heterocycles. The van der Waals surface area contributed by atoms with Crippen LogP contribution in [0.2, 0.25) is 0 Å². The van der Waals surface area contributed by atoms with E-state index in [2.05, 4.69) is 19.9 Å². The van der Waals surface area contributed by atoms with Crippen LogP contribution >= 0.6 is 0 Å². The van der Waals surface area contributed by atoms with E-state index in [9.17, 15) is 65.8 Å². The second-order valence-corrected chi connectivity index (χ2v) is 20.6. The Morgan fingerprint density at radius 2 is 0.881 bits per heavy atom. The Balaban J connectivity index is 0.000000453. The van der Waals surface area contributed by atoms with Crippen molar-refractivity contribution in [2.24, 2.45) is 0 Å². The van der Waals surface area contributed by atoms with Crippen LogP contribution < -0.4 is 18.8 Å². The van der Waals surface area contributed by atoms with Crippen LogP contribution in [-0.4, -0.2) is 158 Å². The zero-order chi connectivity index (χ0) is 49.8. The molecule has 0 spiro atoms. The molecule has 0 fully saturated rings. The van der Waals surface area contributed by atoms with Crippen LogP contribution in [-0.2, 0) is 42.5 Å². The summed E-state index contributed by atoms with van der Waals surface area (Å²) in [5.41, 5.74) is 4.33. The fourth-order valence-corrected chi connectivity index (χ4v) is 7.49. The van der Waals surface area contributed by atoms with E-state index in [0.717, 1.165) is 21.1 Å². The van der Waals surface area contributed by atoms with Gasteiger partial charge in [-0.25, -0.2) is 54.2 Å². The summed E-state index contributed by atoms with van der Waals surface area (Å²) in [5.74, 6) is -4.02. The van der Waals surface area contributed by atoms with Crippen molar-refractivity contribution in [3.8, 4) is 22.5 Å². The van der Waals surface area contributed by atoms with Gasteiger partial charge in [-0.05, 0) is 98.9 Å². The second-order valence-electron chi connectivity index (χ2n) is 16.6. The van der Waals surface area contributed by atoms with Crippen molar-refractivity contribution >= 4 is 81.6 Å². The Kier molecular flexibility index (Phi) is 23.0. The van der Waals surface area contributed by atoms with Crippen LogP contribution in [0, 0.1) is 11.6 Å². The first kappa shape index (κ1) is 59.1. The number of sulfonamides is 2. The molecule has 2 aromatic carbocycles. The van der Waals surface area contributed by atoms with Gasteiger partial charge < -0.3 is 40.2 Å². The number of carbonyl (C=O) groups is 2. The maximum Gasteiger partial charge on any atom is 2.00 e. The van der Waals surface area contributed by atoms with Crippen LogP contribution in [0.4, 0.5) is 20.7 Å². The number of carboxylic acids is 2. The van der Waals surface area contributed by atoms with E-state index >= 15 is 0 Å². The monoisotopic (exact) mass is 1000 g/mol. The Labute approximate surface area is 420 Å². The van der Waals surface area contributed by atoms with Crippen molar-refractivity contribution < 1.29 is 65.8 Å². The van der Waals surface area contributed by atoms with Gasteiger partial charge in [-0.15, -0.1) is 0 Å². The van der Waals surface area contributed by atoms with Crippen molar-refractivity contribution in [1.82, 2.24) is 19.9 Å². The fourth-order valence-electron chi connectivity index (χ4n) is 6.73. The third kappa shape index (κ3) is 18.4. The summed E-state index contributed by atoms with van der Waals surface area (Å²) in [4.78, 5) is 39.1. The summed E-state index contributed by atoms with van der Waals surface area (Å²) in [6.07, 6.45) is -3.00. The van der Waals surface area contributed by atoms with Crippen LogP contribution in [0.3, 0.4) is 0 Å². The van der Waals surface area contributed by atoms with Crippen LogP contribution in [0.5, 0.6) is 0 Å². The van der Waals surface area contributed by atoms with Gasteiger partial charge >= 0.3 is 37.7 Å². The van der Waals surface area contributed by atoms with E-state index in [1.54, 1.807) is 0 Å². The third-order valence-electron chi connectivity index (χ3n) is 10.3. The smallest absolute Gasteiger partial charge is 0.550 e. The number of anilines is 2. The minimum atomic E-state index is -3.64. The minimum absolute atomic E-state index is 0. The maximum absolute atomic E-state index is 13.5. The van der Waals surface area contributed by atoms with Gasteiger partial charge in [0.15, 0.2) is 0 Å². The molecular weight excluding hydrogens is 947 g/mol. The summed E-state index contributed by atoms with van der Waals surface area (Å²) in [6, 6.07) is 11.2. The van der Waals surface area contributed by atoms with Crippen molar-refractivity contribution in [2.75, 3.05) is 35.2 Å². The number of carboxylic acid groups (broad SMARTS) is 2. The molecule has 2 aromatic heterocycles. The molecule has 4 atom stereocenters. The first-order valence-corrected chi connectivity index (χ1v) is 24.6. The predicted molar refractivity (Wildman–Crippen MR) is 244 cm³/mol. The Bertz CT molecular complexity index is 2330. The average molecular weight is 1010 g/mol. The second kappa shape index (κ2) is 26.1. The van der Waals surface area contributed by atoms with Gasteiger partial charge in [-0.2, -0.15) is 0 Å². The molecular formula is C44H58CaF2N6O12S2. The number of halogens is 2. The van der Waals surface area contributed by atoms with Crippen LogP contribution in [0.15, 0.2) is 48.5 Å². The van der Waals surface area contributed by atoms with Crippen molar-refractivity contribution in [2.45, 2.75) is 115 Å². The zero-order valence-electron chi connectivity index (χ0n) is 38.8. The first-order valence-electron chi connectivity index (χ1n) is 20.9. The van der Waals surface area contributed by atoms with Crippen LogP contribution in [0.25, 0.3) is 22.5 Å². The third-order valence-corrected chi connectivity index (χ3v) is 12.6. The molecule has 0 aliphatic rings. The van der Waals surface area contributed by atoms with Crippen LogP contribution in [0.1, 0.15) is 101 Å². The molecule has 364 valence electrons. The van der Waals surface area contributed by atoms with Gasteiger partial charge in [-0.3, -0.25) is 0 Å². The summed E-state index contributed by atoms with van der Waals surface area (Å²) in [7, 11) is -4.60. The summed E-state index contributed by atoms with van der Waals surface area (Å²) < 4.78 is 77.3. The van der Waals surface area contributed by atoms with Crippen molar-refractivity contribution in [3.63, 3.8) is 0 Å². The Morgan fingerprint density at radius 3 is 1.13 bits per heavy atom. The van der Waals surface area contributed by atoms with E-state index in [0.29, 0.717) is 45.0 Å². The maximum atomic E-state index is 13.5. The Morgan fingerprint density at radius 1 is 0.582 bits per heavy atom. The van der Waals surface area contributed by atoms with E-state index in [4.69, 9.17) is 0 Å². The van der Waals surface area contributed by atoms with E-state index in [-0.39, 0.29) is 100.0 Å². The van der Waals surface area contributed by atoms with E-state index < -0.39 is 80.9 Å². The number of hydrogen-bond acceptors (Lipinski definition) is 16. The number of nitrogens with zero attached hydrogens (tertiary/aromatic N) is 6. The number of aliphatic hydroxyl groups excluding tert-OH is 4. The number of benzene rings is 2. The topological polar surface area (TPSA) is 287 Å². The molecule has 18 nitrogen and oxygen atoms in total.